The number of aliphatic carboxylic acids is 2. The number of carbonyl (C=O) groups is 2. The number of benzene rings is 1. The first kappa shape index (κ1) is 11.4. The number of hydrogen-bond acceptors (Lipinski definition) is 3. The van der Waals surface area contributed by atoms with Crippen LogP contribution in [0.15, 0.2) is 24.3 Å². The Morgan fingerprint density at radius 2 is 1.71 bits per heavy atom. The molecule has 2 rings (SSSR count). The van der Waals surface area contributed by atoms with Crippen LogP contribution in [-0.2, 0) is 15.0 Å². The number of anilines is 1. The Bertz CT molecular complexity index is 460. The molecule has 0 spiro atoms. The average molecular weight is 235 g/mol. The average Bonchev–Trinajstić information content (AvgIpc) is 2.18. The summed E-state index contributed by atoms with van der Waals surface area (Å²) in [6.07, 6.45) is 0.281. The zero-order valence-electron chi connectivity index (χ0n) is 9.09. The Morgan fingerprint density at radius 1 is 1.18 bits per heavy atom. The van der Waals surface area contributed by atoms with Crippen molar-refractivity contribution in [2.75, 3.05) is 5.73 Å². The van der Waals surface area contributed by atoms with Gasteiger partial charge in [-0.25, -0.2) is 0 Å². The largest absolute Gasteiger partial charge is 0.481 e. The van der Waals surface area contributed by atoms with E-state index < -0.39 is 23.3 Å². The molecule has 5 nitrogen and oxygen atoms in total. The van der Waals surface area contributed by atoms with Gasteiger partial charge in [0.15, 0.2) is 0 Å². The van der Waals surface area contributed by atoms with E-state index in [2.05, 4.69) is 0 Å². The summed E-state index contributed by atoms with van der Waals surface area (Å²) < 4.78 is 0. The highest BCUT2D eigenvalue weighted by molar-refractivity contribution is 5.86. The lowest BCUT2D eigenvalue weighted by atomic mass is 9.58. The Labute approximate surface area is 97.9 Å². The summed E-state index contributed by atoms with van der Waals surface area (Å²) in [5.74, 6) is -2.47. The molecule has 0 radical (unpaired) electrons. The first-order valence-electron chi connectivity index (χ1n) is 5.28. The number of carboxylic acid groups (broad SMARTS) is 2. The lowest BCUT2D eigenvalue weighted by molar-refractivity contribution is -0.157. The van der Waals surface area contributed by atoms with Crippen molar-refractivity contribution in [3.8, 4) is 0 Å². The molecule has 0 atom stereocenters. The molecular weight excluding hydrogens is 222 g/mol. The van der Waals surface area contributed by atoms with Gasteiger partial charge in [0.2, 0.25) is 0 Å². The molecule has 0 unspecified atom stereocenters. The van der Waals surface area contributed by atoms with Crippen LogP contribution < -0.4 is 5.73 Å². The topological polar surface area (TPSA) is 101 Å². The van der Waals surface area contributed by atoms with Crippen LogP contribution in [0.5, 0.6) is 0 Å². The van der Waals surface area contributed by atoms with E-state index in [9.17, 15) is 14.7 Å². The van der Waals surface area contributed by atoms with Gasteiger partial charge in [-0.2, -0.15) is 0 Å². The fourth-order valence-electron chi connectivity index (χ4n) is 2.29. The number of nitrogens with two attached hydrogens (primary N) is 1. The van der Waals surface area contributed by atoms with Gasteiger partial charge in [0.1, 0.15) is 0 Å². The highest BCUT2D eigenvalue weighted by Gasteiger charge is 2.54. The molecule has 5 heteroatoms. The van der Waals surface area contributed by atoms with Crippen LogP contribution in [0.3, 0.4) is 0 Å². The second-order valence-corrected chi connectivity index (χ2v) is 4.45. The van der Waals surface area contributed by atoms with Crippen LogP contribution in [0.1, 0.15) is 18.4 Å². The maximum atomic E-state index is 11.3. The van der Waals surface area contributed by atoms with Crippen molar-refractivity contribution in [1.82, 2.24) is 0 Å². The standard InChI is InChI=1S/C12H13NO4/c13-9-3-1-8(2-4-9)12(11(16)17)5-7(6-12)10(14)15/h1-4,7H,5-6,13H2,(H,14,15)(H,16,17). The van der Waals surface area contributed by atoms with E-state index in [-0.39, 0.29) is 12.8 Å². The lowest BCUT2D eigenvalue weighted by Gasteiger charge is -2.42. The van der Waals surface area contributed by atoms with Gasteiger partial charge in [0, 0.05) is 5.69 Å². The van der Waals surface area contributed by atoms with Gasteiger partial charge in [-0.05, 0) is 30.5 Å². The zero-order chi connectivity index (χ0) is 12.6. The molecule has 17 heavy (non-hydrogen) atoms. The molecule has 1 aromatic carbocycles. The quantitative estimate of drug-likeness (QED) is 0.681. The third kappa shape index (κ3) is 1.73. The van der Waals surface area contributed by atoms with Gasteiger partial charge in [0.25, 0.3) is 0 Å². The molecule has 90 valence electrons. The summed E-state index contributed by atoms with van der Waals surface area (Å²) >= 11 is 0. The van der Waals surface area contributed by atoms with E-state index in [4.69, 9.17) is 10.8 Å². The summed E-state index contributed by atoms with van der Waals surface area (Å²) in [7, 11) is 0. The van der Waals surface area contributed by atoms with Crippen LogP contribution in [0.25, 0.3) is 0 Å². The molecule has 0 saturated heterocycles. The predicted molar refractivity (Wildman–Crippen MR) is 60.5 cm³/mol. The summed E-state index contributed by atoms with van der Waals surface area (Å²) in [5, 5.41) is 18.1. The summed E-state index contributed by atoms with van der Waals surface area (Å²) in [5.41, 5.74) is 5.66. The Hall–Kier alpha value is -2.04. The third-order valence-corrected chi connectivity index (χ3v) is 3.41. The van der Waals surface area contributed by atoms with Crippen molar-refractivity contribution in [3.63, 3.8) is 0 Å². The Morgan fingerprint density at radius 3 is 2.12 bits per heavy atom. The number of hydrogen-bond donors (Lipinski definition) is 3. The molecule has 1 aromatic rings. The SMILES string of the molecule is Nc1ccc(C2(C(=O)O)CC(C(=O)O)C2)cc1. The first-order chi connectivity index (χ1) is 7.95. The van der Waals surface area contributed by atoms with E-state index >= 15 is 0 Å². The molecule has 1 saturated carbocycles. The lowest BCUT2D eigenvalue weighted by Crippen LogP contribution is -2.50. The van der Waals surface area contributed by atoms with Crippen LogP contribution >= 0.6 is 0 Å². The summed E-state index contributed by atoms with van der Waals surface area (Å²) in [6, 6.07) is 6.57. The van der Waals surface area contributed by atoms with Crippen molar-refractivity contribution in [2.45, 2.75) is 18.3 Å². The molecular formula is C12H13NO4. The van der Waals surface area contributed by atoms with Crippen molar-refractivity contribution in [3.05, 3.63) is 29.8 Å². The van der Waals surface area contributed by atoms with Gasteiger partial charge >= 0.3 is 11.9 Å². The number of carboxylic acids is 2. The van der Waals surface area contributed by atoms with Crippen molar-refractivity contribution in [2.24, 2.45) is 5.92 Å². The minimum Gasteiger partial charge on any atom is -0.481 e. The van der Waals surface area contributed by atoms with Gasteiger partial charge in [-0.1, -0.05) is 12.1 Å². The number of nitrogen functional groups attached to an aromatic ring is 1. The summed E-state index contributed by atoms with van der Waals surface area (Å²) in [4.78, 5) is 22.1. The van der Waals surface area contributed by atoms with E-state index in [1.807, 2.05) is 0 Å². The predicted octanol–water partition coefficient (Wildman–Crippen LogP) is 1.09. The van der Waals surface area contributed by atoms with Gasteiger partial charge in [0.05, 0.1) is 11.3 Å². The molecule has 0 bridgehead atoms. The maximum absolute atomic E-state index is 11.3. The van der Waals surface area contributed by atoms with Gasteiger partial charge in [-0.3, -0.25) is 9.59 Å². The van der Waals surface area contributed by atoms with Crippen LogP contribution in [-0.4, -0.2) is 22.2 Å². The molecule has 4 N–H and O–H groups in total. The van der Waals surface area contributed by atoms with E-state index in [0.29, 0.717) is 11.3 Å². The van der Waals surface area contributed by atoms with Crippen LogP contribution in [0, 0.1) is 5.92 Å². The minimum absolute atomic E-state index is 0.140. The number of rotatable bonds is 3. The Balaban J connectivity index is 2.29. The fraction of sp³-hybridized carbons (Fsp3) is 0.333. The van der Waals surface area contributed by atoms with Gasteiger partial charge < -0.3 is 15.9 Å². The summed E-state index contributed by atoms with van der Waals surface area (Å²) in [6.45, 7) is 0. The maximum Gasteiger partial charge on any atom is 0.314 e. The normalized spacial score (nSPS) is 27.2. The first-order valence-corrected chi connectivity index (χ1v) is 5.28. The molecule has 0 amide bonds. The van der Waals surface area contributed by atoms with Crippen molar-refractivity contribution < 1.29 is 19.8 Å². The van der Waals surface area contributed by atoms with E-state index in [1.165, 1.54) is 0 Å². The molecule has 0 heterocycles. The van der Waals surface area contributed by atoms with Crippen LogP contribution in [0.4, 0.5) is 5.69 Å². The highest BCUT2D eigenvalue weighted by atomic mass is 16.4. The minimum atomic E-state index is -1.06. The fourth-order valence-corrected chi connectivity index (χ4v) is 2.29. The molecule has 0 aromatic heterocycles. The van der Waals surface area contributed by atoms with Crippen molar-refractivity contribution in [1.29, 1.82) is 0 Å². The van der Waals surface area contributed by atoms with Crippen LogP contribution in [0.2, 0.25) is 0 Å². The molecule has 1 fully saturated rings. The second kappa shape index (κ2) is 3.76. The van der Waals surface area contributed by atoms with E-state index in [1.54, 1.807) is 24.3 Å². The second-order valence-electron chi connectivity index (χ2n) is 4.45. The smallest absolute Gasteiger partial charge is 0.314 e. The Kier molecular flexibility index (Phi) is 2.53. The third-order valence-electron chi connectivity index (χ3n) is 3.41. The van der Waals surface area contributed by atoms with E-state index in [0.717, 1.165) is 0 Å². The zero-order valence-corrected chi connectivity index (χ0v) is 9.09. The molecule has 1 aliphatic carbocycles. The molecule has 1 aliphatic rings. The van der Waals surface area contributed by atoms with Crippen molar-refractivity contribution >= 4 is 17.6 Å². The molecule has 0 aliphatic heterocycles. The highest BCUT2D eigenvalue weighted by Crippen LogP contribution is 2.48. The van der Waals surface area contributed by atoms with Gasteiger partial charge in [-0.15, -0.1) is 0 Å². The monoisotopic (exact) mass is 235 g/mol.